The quantitative estimate of drug-likeness (QED) is 0.172. The second kappa shape index (κ2) is 18.0. The number of nitrogens with one attached hydrogen (secondary N) is 1. The summed E-state index contributed by atoms with van der Waals surface area (Å²) in [7, 11) is 0. The highest BCUT2D eigenvalue weighted by Crippen LogP contribution is 2.32. The molecule has 0 aromatic rings. The fourth-order valence-electron chi connectivity index (χ4n) is 5.93. The maximum Gasteiger partial charge on any atom is 0.410 e. The van der Waals surface area contributed by atoms with Crippen molar-refractivity contribution in [1.29, 1.82) is 0 Å². The summed E-state index contributed by atoms with van der Waals surface area (Å²) in [6.07, 6.45) is 7.88. The molecule has 2 unspecified atom stereocenters. The number of rotatable bonds is 15. The van der Waals surface area contributed by atoms with E-state index in [4.69, 9.17) is 9.47 Å². The first-order valence-electron chi connectivity index (χ1n) is 16.0. The van der Waals surface area contributed by atoms with Crippen molar-refractivity contribution < 1.29 is 39.5 Å². The number of carbonyl (C=O) groups excluding carboxylic acids is 2. The summed E-state index contributed by atoms with van der Waals surface area (Å²) in [6.45, 7) is 9.42. The second-order valence-corrected chi connectivity index (χ2v) is 14.1. The van der Waals surface area contributed by atoms with Crippen LogP contribution in [0, 0.1) is 5.92 Å². The molecule has 42 heavy (non-hydrogen) atoms. The average Bonchev–Trinajstić information content (AvgIpc) is 2.93. The van der Waals surface area contributed by atoms with E-state index in [1.807, 2.05) is 0 Å². The molecule has 0 aromatic heterocycles. The maximum absolute atomic E-state index is 13.8. The molecule has 246 valence electrons. The highest BCUT2D eigenvalue weighted by Gasteiger charge is 2.49. The zero-order valence-corrected chi connectivity index (χ0v) is 27.5. The van der Waals surface area contributed by atoms with E-state index in [0.29, 0.717) is 13.0 Å². The number of hydrogen-bond donors (Lipinski definition) is 5. The van der Waals surface area contributed by atoms with E-state index in [2.05, 4.69) is 12.2 Å². The lowest BCUT2D eigenvalue weighted by atomic mass is 9.86. The molecular weight excluding hydrogens is 560 g/mol. The van der Waals surface area contributed by atoms with Crippen molar-refractivity contribution in [3.63, 3.8) is 0 Å². The van der Waals surface area contributed by atoms with Gasteiger partial charge in [0.15, 0.2) is 0 Å². The Morgan fingerprint density at radius 1 is 1.00 bits per heavy atom. The molecule has 0 saturated carbocycles. The van der Waals surface area contributed by atoms with Gasteiger partial charge >= 0.3 is 6.09 Å². The molecule has 2 saturated heterocycles. The molecule has 10 nitrogen and oxygen atoms in total. The van der Waals surface area contributed by atoms with Crippen LogP contribution < -0.4 is 5.32 Å². The molecule has 0 spiro atoms. The summed E-state index contributed by atoms with van der Waals surface area (Å²) in [6, 6.07) is -1.89. The zero-order chi connectivity index (χ0) is 31.4. The molecular formula is C31H58N2O8S. The predicted molar refractivity (Wildman–Crippen MR) is 165 cm³/mol. The molecule has 2 rings (SSSR count). The zero-order valence-electron chi connectivity index (χ0n) is 26.7. The number of thioether (sulfide) groups is 1. The van der Waals surface area contributed by atoms with E-state index in [1.54, 1.807) is 27.0 Å². The van der Waals surface area contributed by atoms with Gasteiger partial charge in [-0.25, -0.2) is 4.79 Å². The number of likely N-dealkylation sites (tertiary alicyclic amines) is 1. The minimum absolute atomic E-state index is 0.267. The molecule has 0 aliphatic carbocycles. The standard InChI is InChI=1S/C31H58N2O8S/c1-7-8-9-10-11-12-13-14-15-16-21-17-18-33(30(39)41-31(3,4)5)22(19-21)28(38)32-23(20(2)34)27-25(36)24(35)26(37)29(40-27)42-6/h20-27,29,34-37H,7-19H2,1-6H3,(H,32,38)/t20-,21?,22?,23+,24-,25+,26+,27+,29+/m0/s1. The van der Waals surface area contributed by atoms with Gasteiger partial charge in [-0.1, -0.05) is 71.1 Å². The van der Waals surface area contributed by atoms with Crippen molar-refractivity contribution >= 4 is 23.8 Å². The molecule has 2 fully saturated rings. The largest absolute Gasteiger partial charge is 0.444 e. The van der Waals surface area contributed by atoms with Crippen molar-refractivity contribution in [3.05, 3.63) is 0 Å². The number of hydrogen-bond acceptors (Lipinski definition) is 9. The van der Waals surface area contributed by atoms with Crippen molar-refractivity contribution in [2.75, 3.05) is 12.8 Å². The SMILES string of the molecule is CCCCCCCCCCCC1CCN(C(=O)OC(C)(C)C)C(C(=O)N[C@@H]([C@H]2O[C@H](SC)[C@H](O)[C@@H](O)[C@H]2O)[C@H](C)O)C1. The summed E-state index contributed by atoms with van der Waals surface area (Å²) in [5.41, 5.74) is -1.57. The lowest BCUT2D eigenvalue weighted by Gasteiger charge is -2.45. The van der Waals surface area contributed by atoms with Crippen molar-refractivity contribution in [1.82, 2.24) is 10.2 Å². The van der Waals surface area contributed by atoms with Gasteiger partial charge in [0, 0.05) is 6.54 Å². The van der Waals surface area contributed by atoms with Gasteiger partial charge in [0.1, 0.15) is 41.5 Å². The number of unbranched alkanes of at least 4 members (excludes halogenated alkanes) is 8. The fourth-order valence-corrected chi connectivity index (χ4v) is 6.61. The first-order chi connectivity index (χ1) is 19.8. The third-order valence-electron chi connectivity index (χ3n) is 8.38. The molecule has 0 bridgehead atoms. The number of aliphatic hydroxyl groups excluding tert-OH is 4. The van der Waals surface area contributed by atoms with Gasteiger partial charge < -0.3 is 35.2 Å². The first-order valence-corrected chi connectivity index (χ1v) is 17.3. The van der Waals surface area contributed by atoms with Crippen LogP contribution in [0.1, 0.15) is 112 Å². The Hall–Kier alpha value is -1.11. The molecule has 2 amide bonds. The Bertz CT molecular complexity index is 808. The second-order valence-electron chi connectivity index (χ2n) is 13.1. The van der Waals surface area contributed by atoms with Gasteiger partial charge in [0.2, 0.25) is 5.91 Å². The molecule has 2 aliphatic heterocycles. The highest BCUT2D eigenvalue weighted by molar-refractivity contribution is 7.99. The van der Waals surface area contributed by atoms with Crippen LogP contribution in [0.4, 0.5) is 4.79 Å². The van der Waals surface area contributed by atoms with E-state index < -0.39 is 65.6 Å². The smallest absolute Gasteiger partial charge is 0.410 e. The van der Waals surface area contributed by atoms with E-state index in [-0.39, 0.29) is 5.92 Å². The van der Waals surface area contributed by atoms with Crippen LogP contribution >= 0.6 is 11.8 Å². The molecule has 9 atom stereocenters. The predicted octanol–water partition coefficient (Wildman–Crippen LogP) is 3.96. The van der Waals surface area contributed by atoms with E-state index >= 15 is 0 Å². The number of aliphatic hydroxyl groups is 4. The number of carbonyl (C=O) groups is 2. The topological polar surface area (TPSA) is 149 Å². The number of nitrogens with zero attached hydrogens (tertiary/aromatic N) is 1. The van der Waals surface area contributed by atoms with Gasteiger partial charge in [-0.2, -0.15) is 0 Å². The highest BCUT2D eigenvalue weighted by atomic mass is 32.2. The average molecular weight is 619 g/mol. The van der Waals surface area contributed by atoms with E-state index in [0.717, 1.165) is 37.4 Å². The van der Waals surface area contributed by atoms with Crippen LogP contribution in [-0.4, -0.2) is 104 Å². The minimum Gasteiger partial charge on any atom is -0.444 e. The van der Waals surface area contributed by atoms with Gasteiger partial charge in [-0.3, -0.25) is 9.69 Å². The summed E-state index contributed by atoms with van der Waals surface area (Å²) in [4.78, 5) is 28.4. The summed E-state index contributed by atoms with van der Waals surface area (Å²) < 4.78 is 11.5. The molecule has 0 aromatic carbocycles. The Morgan fingerprint density at radius 3 is 2.14 bits per heavy atom. The monoisotopic (exact) mass is 618 g/mol. The summed E-state index contributed by atoms with van der Waals surface area (Å²) in [5, 5.41) is 44.8. The summed E-state index contributed by atoms with van der Waals surface area (Å²) >= 11 is 1.16. The van der Waals surface area contributed by atoms with Crippen LogP contribution in [0.2, 0.25) is 0 Å². The number of ether oxygens (including phenoxy) is 2. The van der Waals surface area contributed by atoms with E-state index in [1.165, 1.54) is 56.8 Å². The lowest BCUT2D eigenvalue weighted by molar-refractivity contribution is -0.211. The third-order valence-corrected chi connectivity index (χ3v) is 9.23. The normalized spacial score (nSPS) is 30.0. The van der Waals surface area contributed by atoms with Crippen LogP contribution in [0.25, 0.3) is 0 Å². The van der Waals surface area contributed by atoms with Gasteiger partial charge in [0.05, 0.1) is 12.1 Å². The number of piperidine rings is 1. The molecule has 11 heteroatoms. The Balaban J connectivity index is 2.08. The van der Waals surface area contributed by atoms with Crippen LogP contribution in [0.15, 0.2) is 0 Å². The summed E-state index contributed by atoms with van der Waals surface area (Å²) in [5.74, 6) is -0.205. The van der Waals surface area contributed by atoms with Crippen molar-refractivity contribution in [2.24, 2.45) is 5.92 Å². The van der Waals surface area contributed by atoms with Gasteiger partial charge in [-0.15, -0.1) is 11.8 Å². The maximum atomic E-state index is 13.8. The van der Waals surface area contributed by atoms with Crippen LogP contribution in [-0.2, 0) is 14.3 Å². The van der Waals surface area contributed by atoms with Crippen LogP contribution in [0.3, 0.4) is 0 Å². The van der Waals surface area contributed by atoms with E-state index in [9.17, 15) is 30.0 Å². The fraction of sp³-hybridized carbons (Fsp3) is 0.935. The molecule has 2 aliphatic rings. The Labute approximate surface area is 257 Å². The Kier molecular flexibility index (Phi) is 15.9. The third kappa shape index (κ3) is 11.4. The lowest BCUT2D eigenvalue weighted by Crippen LogP contribution is -2.66. The number of amides is 2. The molecule has 5 N–H and O–H groups in total. The first kappa shape index (κ1) is 37.1. The molecule has 0 radical (unpaired) electrons. The van der Waals surface area contributed by atoms with Crippen molar-refractivity contribution in [2.45, 2.75) is 165 Å². The van der Waals surface area contributed by atoms with Crippen molar-refractivity contribution in [3.8, 4) is 0 Å². The Morgan fingerprint density at radius 2 is 1.60 bits per heavy atom. The minimum atomic E-state index is -1.53. The molecule has 2 heterocycles. The van der Waals surface area contributed by atoms with Gasteiger partial charge in [-0.05, 0) is 52.7 Å². The van der Waals surface area contributed by atoms with Gasteiger partial charge in [0.25, 0.3) is 0 Å². The van der Waals surface area contributed by atoms with Crippen LogP contribution in [0.5, 0.6) is 0 Å².